The van der Waals surface area contributed by atoms with Gasteiger partial charge in [0, 0.05) is 25.0 Å². The van der Waals surface area contributed by atoms with E-state index in [4.69, 9.17) is 4.42 Å². The third-order valence-corrected chi connectivity index (χ3v) is 4.67. The van der Waals surface area contributed by atoms with Crippen LogP contribution in [0.25, 0.3) is 0 Å². The number of hydrogen-bond donors (Lipinski definition) is 2. The number of sulfonamides is 1. The molecule has 6 heteroatoms. The third kappa shape index (κ3) is 5.76. The summed E-state index contributed by atoms with van der Waals surface area (Å²) in [4.78, 5) is 0. The van der Waals surface area contributed by atoms with Gasteiger partial charge in [-0.1, -0.05) is 0 Å². The smallest absolute Gasteiger partial charge is 0.213 e. The molecule has 0 bridgehead atoms. The second-order valence-electron chi connectivity index (χ2n) is 5.18. The van der Waals surface area contributed by atoms with Crippen LogP contribution in [0.5, 0.6) is 0 Å². The van der Waals surface area contributed by atoms with Gasteiger partial charge in [0.05, 0.1) is 12.0 Å². The van der Waals surface area contributed by atoms with Crippen LogP contribution in [0.2, 0.25) is 0 Å². The van der Waals surface area contributed by atoms with Gasteiger partial charge in [0.2, 0.25) is 10.0 Å². The summed E-state index contributed by atoms with van der Waals surface area (Å²) in [5.74, 6) is 1.04. The van der Waals surface area contributed by atoms with E-state index in [9.17, 15) is 8.42 Å². The summed E-state index contributed by atoms with van der Waals surface area (Å²) in [6, 6.07) is 4.22. The van der Waals surface area contributed by atoms with Crippen LogP contribution in [0, 0.1) is 0 Å². The second kappa shape index (κ2) is 6.54. The predicted octanol–water partition coefficient (Wildman–Crippen LogP) is 1.27. The third-order valence-electron chi connectivity index (χ3n) is 3.17. The van der Waals surface area contributed by atoms with Crippen LogP contribution in [-0.4, -0.2) is 32.8 Å². The molecule has 1 aromatic heterocycles. The lowest BCUT2D eigenvalue weighted by molar-refractivity contribution is 0.480. The topological polar surface area (TPSA) is 71.3 Å². The van der Waals surface area contributed by atoms with Crippen molar-refractivity contribution in [1.82, 2.24) is 10.0 Å². The Morgan fingerprint density at radius 2 is 2.26 bits per heavy atom. The highest BCUT2D eigenvalue weighted by atomic mass is 32.2. The van der Waals surface area contributed by atoms with Gasteiger partial charge in [0.1, 0.15) is 5.76 Å². The standard InChI is InChI=1S/C13H22N2O3S/c1-11(4-7-13-3-2-9-18-13)15-19(16,17)10-8-14-12-5-6-12/h2-3,9,11-12,14-15H,4-8,10H2,1H3. The molecule has 2 rings (SSSR count). The van der Waals surface area contributed by atoms with Crippen LogP contribution in [-0.2, 0) is 16.4 Å². The molecule has 5 nitrogen and oxygen atoms in total. The Hall–Kier alpha value is -0.850. The molecular weight excluding hydrogens is 264 g/mol. The lowest BCUT2D eigenvalue weighted by atomic mass is 10.2. The minimum absolute atomic E-state index is 0.0731. The minimum Gasteiger partial charge on any atom is -0.469 e. The average molecular weight is 286 g/mol. The maximum absolute atomic E-state index is 11.8. The Morgan fingerprint density at radius 1 is 1.47 bits per heavy atom. The monoisotopic (exact) mass is 286 g/mol. The lowest BCUT2D eigenvalue weighted by Crippen LogP contribution is -2.37. The summed E-state index contributed by atoms with van der Waals surface area (Å²) in [6.07, 6.45) is 5.47. The fourth-order valence-electron chi connectivity index (χ4n) is 1.92. The van der Waals surface area contributed by atoms with E-state index in [1.54, 1.807) is 6.26 Å². The van der Waals surface area contributed by atoms with Gasteiger partial charge in [0.15, 0.2) is 0 Å². The molecule has 1 aromatic rings. The van der Waals surface area contributed by atoms with Gasteiger partial charge in [-0.2, -0.15) is 0 Å². The minimum atomic E-state index is -3.18. The maximum atomic E-state index is 11.8. The van der Waals surface area contributed by atoms with Crippen LogP contribution in [0.3, 0.4) is 0 Å². The Labute approximate surface area is 114 Å². The molecule has 1 unspecified atom stereocenters. The summed E-state index contributed by atoms with van der Waals surface area (Å²) >= 11 is 0. The van der Waals surface area contributed by atoms with Gasteiger partial charge in [-0.25, -0.2) is 13.1 Å². The molecule has 0 aliphatic heterocycles. The lowest BCUT2D eigenvalue weighted by Gasteiger charge is -2.13. The van der Waals surface area contributed by atoms with E-state index in [0.717, 1.165) is 18.6 Å². The summed E-state index contributed by atoms with van der Waals surface area (Å²) in [5.41, 5.74) is 0. The zero-order valence-electron chi connectivity index (χ0n) is 11.3. The molecule has 2 N–H and O–H groups in total. The van der Waals surface area contributed by atoms with E-state index < -0.39 is 10.0 Å². The molecule has 0 radical (unpaired) electrons. The summed E-state index contributed by atoms with van der Waals surface area (Å²) in [5, 5.41) is 3.21. The van der Waals surface area contributed by atoms with Crippen molar-refractivity contribution in [2.45, 2.75) is 44.7 Å². The number of aryl methyl sites for hydroxylation is 1. The van der Waals surface area contributed by atoms with Crippen molar-refractivity contribution < 1.29 is 12.8 Å². The van der Waals surface area contributed by atoms with Crippen molar-refractivity contribution in [2.75, 3.05) is 12.3 Å². The highest BCUT2D eigenvalue weighted by Gasteiger charge is 2.21. The van der Waals surface area contributed by atoms with Gasteiger partial charge in [-0.3, -0.25) is 0 Å². The van der Waals surface area contributed by atoms with Crippen LogP contribution >= 0.6 is 0 Å². The number of nitrogens with one attached hydrogen (secondary N) is 2. The van der Waals surface area contributed by atoms with Gasteiger partial charge in [-0.05, 0) is 38.3 Å². The van der Waals surface area contributed by atoms with E-state index >= 15 is 0 Å². The SMILES string of the molecule is CC(CCc1ccco1)NS(=O)(=O)CCNC1CC1. The van der Waals surface area contributed by atoms with Gasteiger partial charge < -0.3 is 9.73 Å². The van der Waals surface area contributed by atoms with E-state index in [1.807, 2.05) is 19.1 Å². The van der Waals surface area contributed by atoms with Crippen LogP contribution < -0.4 is 10.0 Å². The second-order valence-corrected chi connectivity index (χ2v) is 7.06. The first-order valence-corrected chi connectivity index (χ1v) is 8.46. The first-order valence-electron chi connectivity index (χ1n) is 6.81. The van der Waals surface area contributed by atoms with Crippen molar-refractivity contribution in [1.29, 1.82) is 0 Å². The summed E-state index contributed by atoms with van der Waals surface area (Å²) in [7, 11) is -3.18. The molecule has 0 saturated heterocycles. The maximum Gasteiger partial charge on any atom is 0.213 e. The number of rotatable bonds is 9. The van der Waals surface area contributed by atoms with Gasteiger partial charge >= 0.3 is 0 Å². The molecule has 1 atom stereocenters. The van der Waals surface area contributed by atoms with Crippen LogP contribution in [0.15, 0.2) is 22.8 Å². The van der Waals surface area contributed by atoms with Gasteiger partial charge in [0.25, 0.3) is 0 Å². The van der Waals surface area contributed by atoms with Crippen molar-refractivity contribution in [3.8, 4) is 0 Å². The fraction of sp³-hybridized carbons (Fsp3) is 0.692. The first kappa shape index (κ1) is 14.6. The van der Waals surface area contributed by atoms with E-state index in [1.165, 1.54) is 12.8 Å². The molecule has 0 aromatic carbocycles. The molecule has 19 heavy (non-hydrogen) atoms. The molecule has 0 amide bonds. The van der Waals surface area contributed by atoms with Crippen LogP contribution in [0.4, 0.5) is 0 Å². The highest BCUT2D eigenvalue weighted by Crippen LogP contribution is 2.18. The number of hydrogen-bond acceptors (Lipinski definition) is 4. The zero-order chi connectivity index (χ0) is 13.7. The normalized spacial score (nSPS) is 17.5. The molecular formula is C13H22N2O3S. The van der Waals surface area contributed by atoms with Crippen molar-refractivity contribution >= 4 is 10.0 Å². The molecule has 1 saturated carbocycles. The number of furan rings is 1. The quantitative estimate of drug-likeness (QED) is 0.717. The predicted molar refractivity (Wildman–Crippen MR) is 74.4 cm³/mol. The Bertz CT molecular complexity index is 466. The Balaban J connectivity index is 1.65. The molecule has 1 aliphatic rings. The van der Waals surface area contributed by atoms with Crippen molar-refractivity contribution in [3.63, 3.8) is 0 Å². The Kier molecular flexibility index (Phi) is 5.01. The molecule has 1 heterocycles. The average Bonchev–Trinajstić information content (AvgIpc) is 3.00. The van der Waals surface area contributed by atoms with E-state index in [2.05, 4.69) is 10.0 Å². The largest absolute Gasteiger partial charge is 0.469 e. The Morgan fingerprint density at radius 3 is 2.89 bits per heavy atom. The highest BCUT2D eigenvalue weighted by molar-refractivity contribution is 7.89. The molecule has 0 spiro atoms. The van der Waals surface area contributed by atoms with Crippen molar-refractivity contribution in [2.24, 2.45) is 0 Å². The molecule has 1 aliphatic carbocycles. The van der Waals surface area contributed by atoms with Crippen LogP contribution in [0.1, 0.15) is 31.9 Å². The zero-order valence-corrected chi connectivity index (χ0v) is 12.1. The fourth-order valence-corrected chi connectivity index (χ4v) is 3.16. The van der Waals surface area contributed by atoms with Gasteiger partial charge in [-0.15, -0.1) is 0 Å². The van der Waals surface area contributed by atoms with E-state index in [0.29, 0.717) is 12.6 Å². The van der Waals surface area contributed by atoms with Crippen molar-refractivity contribution in [3.05, 3.63) is 24.2 Å². The first-order chi connectivity index (χ1) is 9.05. The molecule has 108 valence electrons. The summed E-state index contributed by atoms with van der Waals surface area (Å²) in [6.45, 7) is 2.42. The van der Waals surface area contributed by atoms with E-state index in [-0.39, 0.29) is 11.8 Å². The molecule has 1 fully saturated rings. The summed E-state index contributed by atoms with van der Waals surface area (Å²) < 4.78 is 31.6.